The normalized spacial score (nSPS) is 12.2. The van der Waals surface area contributed by atoms with Crippen LogP contribution in [0.3, 0.4) is 0 Å². The Morgan fingerprint density at radius 2 is 1.44 bits per heavy atom. The number of hydrogen-bond donors (Lipinski definition) is 4. The molecular weight excluding hydrogens is 350 g/mol. The molecule has 27 heavy (non-hydrogen) atoms. The van der Waals surface area contributed by atoms with Crippen molar-refractivity contribution < 1.29 is 0 Å². The quantitative estimate of drug-likeness (QED) is 0.526. The van der Waals surface area contributed by atoms with Crippen LogP contribution < -0.4 is 16.0 Å². The zero-order valence-electron chi connectivity index (χ0n) is 16.8. The Morgan fingerprint density at radius 1 is 0.852 bits per heavy atom. The minimum Gasteiger partial charge on any atom is -0.379 e. The Balaban J connectivity index is 0.000000665. The van der Waals surface area contributed by atoms with Crippen molar-refractivity contribution in [3.05, 3.63) is 95.9 Å². The molecule has 0 amide bonds. The molecule has 1 aliphatic carbocycles. The first kappa shape index (κ1) is 22.6. The average Bonchev–Trinajstić information content (AvgIpc) is 2.70. The van der Waals surface area contributed by atoms with Crippen molar-refractivity contribution in [2.75, 3.05) is 19.4 Å². The maximum Gasteiger partial charge on any atom is 0.0700 e. The number of hydrogen-bond acceptors (Lipinski definition) is 4. The number of rotatable bonds is 5. The first-order valence-electron chi connectivity index (χ1n) is 9.12. The number of anilines is 1. The van der Waals surface area contributed by atoms with Crippen molar-refractivity contribution in [2.45, 2.75) is 25.3 Å². The standard InChI is InChI=1S/C19H18N2S.C2H7N.C2H6/c1-13-14(2)19(21-16-9-6-10-17(22)11-16)18(13)20-12-15-7-4-3-5-8-15;1-3-2;1-2/h3-11,20-22H,1-2,12H2;3H,1-2H3;1-2H3. The zero-order chi connectivity index (χ0) is 20.2. The van der Waals surface area contributed by atoms with Gasteiger partial charge in [0.1, 0.15) is 0 Å². The molecule has 144 valence electrons. The van der Waals surface area contributed by atoms with Gasteiger partial charge in [-0.2, -0.15) is 0 Å². The second-order valence-electron chi connectivity index (χ2n) is 5.72. The van der Waals surface area contributed by atoms with Crippen molar-refractivity contribution in [1.82, 2.24) is 10.6 Å². The largest absolute Gasteiger partial charge is 0.379 e. The molecule has 1 aliphatic rings. The molecule has 3 N–H and O–H groups in total. The summed E-state index contributed by atoms with van der Waals surface area (Å²) in [6, 6.07) is 18.2. The predicted molar refractivity (Wildman–Crippen MR) is 122 cm³/mol. The van der Waals surface area contributed by atoms with E-state index in [0.29, 0.717) is 0 Å². The van der Waals surface area contributed by atoms with E-state index in [1.54, 1.807) is 0 Å². The maximum absolute atomic E-state index is 4.36. The molecule has 0 radical (unpaired) electrons. The van der Waals surface area contributed by atoms with E-state index in [0.717, 1.165) is 39.7 Å². The Kier molecular flexibility index (Phi) is 10.1. The topological polar surface area (TPSA) is 36.1 Å². The summed E-state index contributed by atoms with van der Waals surface area (Å²) in [5, 5.41) is 9.58. The fourth-order valence-corrected chi connectivity index (χ4v) is 2.61. The molecule has 0 unspecified atom stereocenters. The van der Waals surface area contributed by atoms with Gasteiger partial charge in [0, 0.05) is 28.3 Å². The third-order valence-electron chi connectivity index (χ3n) is 3.65. The Bertz CT molecular complexity index is 779. The number of nitrogens with one attached hydrogen (secondary N) is 3. The average molecular weight is 382 g/mol. The van der Waals surface area contributed by atoms with E-state index < -0.39 is 0 Å². The van der Waals surface area contributed by atoms with Gasteiger partial charge in [0.2, 0.25) is 0 Å². The van der Waals surface area contributed by atoms with E-state index in [1.165, 1.54) is 5.56 Å². The fourth-order valence-electron chi connectivity index (χ4n) is 2.39. The van der Waals surface area contributed by atoms with Crippen LogP contribution >= 0.6 is 12.6 Å². The summed E-state index contributed by atoms with van der Waals surface area (Å²) in [7, 11) is 3.75. The van der Waals surface area contributed by atoms with Crippen molar-refractivity contribution in [3.8, 4) is 0 Å². The highest BCUT2D eigenvalue weighted by Crippen LogP contribution is 2.36. The van der Waals surface area contributed by atoms with Gasteiger partial charge in [-0.25, -0.2) is 0 Å². The van der Waals surface area contributed by atoms with Crippen LogP contribution in [0.25, 0.3) is 0 Å². The SMILES string of the molecule is C=C1C(=C)C(Nc2cccc(S)c2)=C1NCc1ccccc1.CC.CNC. The van der Waals surface area contributed by atoms with E-state index in [-0.39, 0.29) is 0 Å². The van der Waals surface area contributed by atoms with Crippen molar-refractivity contribution in [1.29, 1.82) is 0 Å². The minimum atomic E-state index is 0.764. The number of allylic oxidation sites excluding steroid dienone is 2. The van der Waals surface area contributed by atoms with Gasteiger partial charge in [-0.05, 0) is 37.9 Å². The van der Waals surface area contributed by atoms with Crippen molar-refractivity contribution in [2.24, 2.45) is 0 Å². The first-order chi connectivity index (χ1) is 13.1. The molecule has 2 aromatic carbocycles. The Labute approximate surface area is 169 Å². The summed E-state index contributed by atoms with van der Waals surface area (Å²) in [6.07, 6.45) is 0. The zero-order valence-corrected chi connectivity index (χ0v) is 17.7. The van der Waals surface area contributed by atoms with Crippen molar-refractivity contribution in [3.63, 3.8) is 0 Å². The molecule has 0 heterocycles. The molecule has 0 atom stereocenters. The molecule has 2 aromatic rings. The molecule has 0 saturated heterocycles. The fraction of sp³-hybridized carbons (Fsp3) is 0.217. The maximum atomic E-state index is 4.36. The van der Waals surface area contributed by atoms with Gasteiger partial charge in [-0.3, -0.25) is 0 Å². The highest BCUT2D eigenvalue weighted by Gasteiger charge is 2.26. The molecular formula is C23H31N3S. The van der Waals surface area contributed by atoms with E-state index in [9.17, 15) is 0 Å². The molecule has 0 bridgehead atoms. The van der Waals surface area contributed by atoms with E-state index >= 15 is 0 Å². The molecule has 0 aliphatic heterocycles. The summed E-state index contributed by atoms with van der Waals surface area (Å²) >= 11 is 4.36. The molecule has 3 nitrogen and oxygen atoms in total. The van der Waals surface area contributed by atoms with Crippen LogP contribution in [-0.2, 0) is 6.54 Å². The highest BCUT2D eigenvalue weighted by molar-refractivity contribution is 7.80. The second-order valence-corrected chi connectivity index (χ2v) is 6.24. The van der Waals surface area contributed by atoms with Gasteiger partial charge in [-0.1, -0.05) is 63.4 Å². The van der Waals surface area contributed by atoms with Gasteiger partial charge in [0.05, 0.1) is 11.4 Å². The third kappa shape index (κ3) is 6.66. The lowest BCUT2D eigenvalue weighted by atomic mass is 9.89. The molecule has 0 spiro atoms. The lowest BCUT2D eigenvalue weighted by Gasteiger charge is -2.31. The van der Waals surface area contributed by atoms with Crippen LogP contribution in [0.1, 0.15) is 19.4 Å². The summed E-state index contributed by atoms with van der Waals surface area (Å²) in [5.74, 6) is 0. The lowest BCUT2D eigenvalue weighted by molar-refractivity contribution is 0.795. The van der Waals surface area contributed by atoms with Crippen LogP contribution in [-0.4, -0.2) is 14.1 Å². The monoisotopic (exact) mass is 381 g/mol. The molecule has 4 heteroatoms. The highest BCUT2D eigenvalue weighted by atomic mass is 32.1. The molecule has 0 saturated carbocycles. The van der Waals surface area contributed by atoms with E-state index in [2.05, 4.69) is 53.9 Å². The molecule has 0 aromatic heterocycles. The third-order valence-corrected chi connectivity index (χ3v) is 3.92. The predicted octanol–water partition coefficient (Wildman–Crippen LogP) is 5.38. The Morgan fingerprint density at radius 3 is 2.04 bits per heavy atom. The molecule has 3 rings (SSSR count). The van der Waals surface area contributed by atoms with Crippen LogP contribution in [0.15, 0.2) is 95.2 Å². The van der Waals surface area contributed by atoms with Gasteiger partial charge in [0.15, 0.2) is 0 Å². The second kappa shape index (κ2) is 12.0. The first-order valence-corrected chi connectivity index (χ1v) is 9.57. The minimum absolute atomic E-state index is 0.764. The van der Waals surface area contributed by atoms with E-state index in [1.807, 2.05) is 70.4 Å². The lowest BCUT2D eigenvalue weighted by Crippen LogP contribution is -2.28. The van der Waals surface area contributed by atoms with Crippen LogP contribution in [0, 0.1) is 0 Å². The summed E-state index contributed by atoms with van der Waals surface area (Å²) < 4.78 is 0. The smallest absolute Gasteiger partial charge is 0.0700 e. The van der Waals surface area contributed by atoms with Gasteiger partial charge >= 0.3 is 0 Å². The van der Waals surface area contributed by atoms with E-state index in [4.69, 9.17) is 0 Å². The summed E-state index contributed by atoms with van der Waals surface area (Å²) in [6.45, 7) is 12.9. The van der Waals surface area contributed by atoms with Gasteiger partial charge in [-0.15, -0.1) is 12.6 Å². The summed E-state index contributed by atoms with van der Waals surface area (Å²) in [5.41, 5.74) is 6.16. The van der Waals surface area contributed by atoms with Gasteiger partial charge in [0.25, 0.3) is 0 Å². The van der Waals surface area contributed by atoms with Gasteiger partial charge < -0.3 is 16.0 Å². The molecule has 0 fully saturated rings. The van der Waals surface area contributed by atoms with Crippen LogP contribution in [0.5, 0.6) is 0 Å². The Hall–Kier alpha value is -2.43. The number of thiol groups is 1. The van der Waals surface area contributed by atoms with Crippen LogP contribution in [0.4, 0.5) is 5.69 Å². The van der Waals surface area contributed by atoms with Crippen molar-refractivity contribution >= 4 is 18.3 Å². The number of benzene rings is 2. The summed E-state index contributed by atoms with van der Waals surface area (Å²) in [4.78, 5) is 0.924. The van der Waals surface area contributed by atoms with Crippen LogP contribution in [0.2, 0.25) is 0 Å².